The average Bonchev–Trinajstić information content (AvgIpc) is 2.54. The van der Waals surface area contributed by atoms with Gasteiger partial charge in [0.05, 0.1) is 0 Å². The number of rotatable bonds is 7. The second-order valence-corrected chi connectivity index (χ2v) is 6.16. The summed E-state index contributed by atoms with van der Waals surface area (Å²) >= 11 is 0. The van der Waals surface area contributed by atoms with E-state index in [1.807, 2.05) is 18.2 Å². The first-order valence-corrected chi connectivity index (χ1v) is 8.51. The Kier molecular flexibility index (Phi) is 6.29. The Labute approximate surface area is 143 Å². The molecule has 1 amide bonds. The Balaban J connectivity index is 2.21. The molecule has 1 heterocycles. The Hall–Kier alpha value is -2.43. The van der Waals surface area contributed by atoms with Gasteiger partial charge in [0, 0.05) is 18.3 Å². The summed E-state index contributed by atoms with van der Waals surface area (Å²) in [4.78, 5) is 20.9. The first kappa shape index (κ1) is 17.9. The van der Waals surface area contributed by atoms with Gasteiger partial charge in [-0.05, 0) is 30.9 Å². The topological polar surface area (TPSA) is 66.9 Å². The summed E-state index contributed by atoms with van der Waals surface area (Å²) in [5.74, 6) is 1.45. The van der Waals surface area contributed by atoms with Crippen molar-refractivity contribution in [3.05, 3.63) is 47.4 Å². The second-order valence-electron chi connectivity index (χ2n) is 6.16. The van der Waals surface area contributed by atoms with Gasteiger partial charge in [0.25, 0.3) is 5.91 Å². The summed E-state index contributed by atoms with van der Waals surface area (Å²) in [6.07, 6.45) is 2.00. The lowest BCUT2D eigenvalue weighted by molar-refractivity contribution is 0.0948. The number of amides is 1. The van der Waals surface area contributed by atoms with Gasteiger partial charge in [0.2, 0.25) is 0 Å². The van der Waals surface area contributed by atoms with Gasteiger partial charge in [-0.1, -0.05) is 45.4 Å². The molecule has 5 heteroatoms. The van der Waals surface area contributed by atoms with Crippen LogP contribution in [0, 0.1) is 6.92 Å². The van der Waals surface area contributed by atoms with Crippen LogP contribution < -0.4 is 10.6 Å². The molecule has 0 bridgehead atoms. The van der Waals surface area contributed by atoms with E-state index >= 15 is 0 Å². The highest BCUT2D eigenvalue weighted by Gasteiger charge is 2.12. The molecule has 0 fully saturated rings. The highest BCUT2D eigenvalue weighted by Crippen LogP contribution is 2.26. The molecule has 0 aliphatic carbocycles. The Morgan fingerprint density at radius 2 is 1.96 bits per heavy atom. The van der Waals surface area contributed by atoms with Crippen molar-refractivity contribution in [1.82, 2.24) is 15.3 Å². The van der Waals surface area contributed by atoms with Crippen LogP contribution in [0.3, 0.4) is 0 Å². The van der Waals surface area contributed by atoms with E-state index in [4.69, 9.17) is 0 Å². The summed E-state index contributed by atoms with van der Waals surface area (Å²) in [7, 11) is 0. The van der Waals surface area contributed by atoms with Crippen molar-refractivity contribution in [2.45, 2.75) is 46.5 Å². The number of benzene rings is 1. The molecule has 0 atom stereocenters. The van der Waals surface area contributed by atoms with Crippen LogP contribution in [0.2, 0.25) is 0 Å². The molecule has 2 rings (SSSR count). The van der Waals surface area contributed by atoms with E-state index in [1.54, 1.807) is 13.0 Å². The molecule has 5 nitrogen and oxygen atoms in total. The number of nitrogens with zero attached hydrogens (tertiary/aromatic N) is 2. The number of anilines is 2. The molecule has 0 aliphatic rings. The summed E-state index contributed by atoms with van der Waals surface area (Å²) in [6, 6.07) is 9.83. The molecule has 2 aromatic rings. The maximum atomic E-state index is 12.2. The fourth-order valence-electron chi connectivity index (χ4n) is 2.47. The van der Waals surface area contributed by atoms with E-state index in [-0.39, 0.29) is 5.91 Å². The minimum atomic E-state index is -0.158. The smallest absolute Gasteiger partial charge is 0.270 e. The van der Waals surface area contributed by atoms with E-state index in [1.165, 1.54) is 5.56 Å². The number of aryl methyl sites for hydroxylation is 1. The standard InChI is InChI=1S/C19H26N4O/c1-5-6-11-20-19(24)17-12-18(22-14(4)21-17)23-16-10-8-7-9-15(16)13(2)3/h7-10,12-13H,5-6,11H2,1-4H3,(H,20,24)(H,21,22,23). The lowest BCUT2D eigenvalue weighted by Gasteiger charge is -2.14. The maximum absolute atomic E-state index is 12.2. The SMILES string of the molecule is CCCCNC(=O)c1cc(Nc2ccccc2C(C)C)nc(C)n1. The monoisotopic (exact) mass is 326 g/mol. The zero-order valence-corrected chi connectivity index (χ0v) is 14.9. The predicted octanol–water partition coefficient (Wildman–Crippen LogP) is 4.18. The molecule has 24 heavy (non-hydrogen) atoms. The molecule has 0 saturated carbocycles. The van der Waals surface area contributed by atoms with Gasteiger partial charge in [-0.2, -0.15) is 0 Å². The van der Waals surface area contributed by atoms with Gasteiger partial charge < -0.3 is 10.6 Å². The maximum Gasteiger partial charge on any atom is 0.270 e. The fraction of sp³-hybridized carbons (Fsp3) is 0.421. The minimum absolute atomic E-state index is 0.158. The summed E-state index contributed by atoms with van der Waals surface area (Å²) in [5.41, 5.74) is 2.61. The normalized spacial score (nSPS) is 10.7. The highest BCUT2D eigenvalue weighted by molar-refractivity contribution is 5.93. The minimum Gasteiger partial charge on any atom is -0.351 e. The zero-order chi connectivity index (χ0) is 17.5. The van der Waals surface area contributed by atoms with Crippen LogP contribution in [-0.2, 0) is 0 Å². The lowest BCUT2D eigenvalue weighted by atomic mass is 10.0. The largest absolute Gasteiger partial charge is 0.351 e. The third-order valence-electron chi connectivity index (χ3n) is 3.73. The summed E-state index contributed by atoms with van der Waals surface area (Å²) in [6.45, 7) is 8.85. The van der Waals surface area contributed by atoms with Crippen LogP contribution in [0.1, 0.15) is 61.4 Å². The third kappa shape index (κ3) is 4.78. The van der Waals surface area contributed by atoms with E-state index in [9.17, 15) is 4.79 Å². The van der Waals surface area contributed by atoms with Gasteiger partial charge in [-0.15, -0.1) is 0 Å². The molecular weight excluding hydrogens is 300 g/mol. The first-order chi connectivity index (χ1) is 11.5. The predicted molar refractivity (Wildman–Crippen MR) is 97.8 cm³/mol. The number of carbonyl (C=O) groups is 1. The Morgan fingerprint density at radius 3 is 2.67 bits per heavy atom. The van der Waals surface area contributed by atoms with Crippen LogP contribution in [0.4, 0.5) is 11.5 Å². The summed E-state index contributed by atoms with van der Waals surface area (Å²) < 4.78 is 0. The van der Waals surface area contributed by atoms with E-state index < -0.39 is 0 Å². The number of unbranched alkanes of at least 4 members (excludes halogenated alkanes) is 1. The number of hydrogen-bond donors (Lipinski definition) is 2. The van der Waals surface area contributed by atoms with Gasteiger partial charge in [-0.25, -0.2) is 9.97 Å². The third-order valence-corrected chi connectivity index (χ3v) is 3.73. The van der Waals surface area contributed by atoms with E-state index in [0.717, 1.165) is 18.5 Å². The van der Waals surface area contributed by atoms with Gasteiger partial charge in [0.15, 0.2) is 0 Å². The van der Waals surface area contributed by atoms with Crippen molar-refractivity contribution in [2.24, 2.45) is 0 Å². The van der Waals surface area contributed by atoms with Crippen LogP contribution in [0.15, 0.2) is 30.3 Å². The molecule has 128 valence electrons. The molecule has 0 unspecified atom stereocenters. The quantitative estimate of drug-likeness (QED) is 0.749. The number of nitrogens with one attached hydrogen (secondary N) is 2. The average molecular weight is 326 g/mol. The van der Waals surface area contributed by atoms with Crippen LogP contribution in [0.5, 0.6) is 0 Å². The fourth-order valence-corrected chi connectivity index (χ4v) is 2.47. The van der Waals surface area contributed by atoms with Crippen molar-refractivity contribution in [3.63, 3.8) is 0 Å². The first-order valence-electron chi connectivity index (χ1n) is 8.51. The van der Waals surface area contributed by atoms with Gasteiger partial charge in [-0.3, -0.25) is 4.79 Å². The van der Waals surface area contributed by atoms with E-state index in [2.05, 4.69) is 47.4 Å². The Morgan fingerprint density at radius 1 is 1.21 bits per heavy atom. The molecule has 2 N–H and O–H groups in total. The number of aromatic nitrogens is 2. The van der Waals surface area contributed by atoms with E-state index in [0.29, 0.717) is 29.8 Å². The van der Waals surface area contributed by atoms with Crippen molar-refractivity contribution in [3.8, 4) is 0 Å². The van der Waals surface area contributed by atoms with Crippen LogP contribution >= 0.6 is 0 Å². The molecule has 1 aromatic heterocycles. The molecule has 0 spiro atoms. The number of para-hydroxylation sites is 1. The number of carbonyl (C=O) groups excluding carboxylic acids is 1. The number of hydrogen-bond acceptors (Lipinski definition) is 4. The zero-order valence-electron chi connectivity index (χ0n) is 14.9. The van der Waals surface area contributed by atoms with Gasteiger partial charge in [0.1, 0.15) is 17.3 Å². The molecule has 0 radical (unpaired) electrons. The molecule has 1 aromatic carbocycles. The van der Waals surface area contributed by atoms with Crippen molar-refractivity contribution in [1.29, 1.82) is 0 Å². The van der Waals surface area contributed by atoms with Crippen molar-refractivity contribution < 1.29 is 4.79 Å². The molecule has 0 saturated heterocycles. The Bertz CT molecular complexity index is 698. The van der Waals surface area contributed by atoms with Gasteiger partial charge >= 0.3 is 0 Å². The molecular formula is C19H26N4O. The lowest BCUT2D eigenvalue weighted by Crippen LogP contribution is -2.25. The van der Waals surface area contributed by atoms with Crippen LogP contribution in [0.25, 0.3) is 0 Å². The second kappa shape index (κ2) is 8.43. The van der Waals surface area contributed by atoms with Crippen LogP contribution in [-0.4, -0.2) is 22.4 Å². The molecule has 0 aliphatic heterocycles. The van der Waals surface area contributed by atoms with Crippen molar-refractivity contribution >= 4 is 17.4 Å². The van der Waals surface area contributed by atoms with Crippen molar-refractivity contribution in [2.75, 3.05) is 11.9 Å². The summed E-state index contributed by atoms with van der Waals surface area (Å²) in [5, 5.41) is 6.22. The highest BCUT2D eigenvalue weighted by atomic mass is 16.1.